The maximum atomic E-state index is 3.63. The summed E-state index contributed by atoms with van der Waals surface area (Å²) in [5, 5.41) is 3.63. The lowest BCUT2D eigenvalue weighted by molar-refractivity contribution is 0.0603. The first-order valence-corrected chi connectivity index (χ1v) is 6.64. The normalized spacial score (nSPS) is 24.4. The Hall–Kier alpha value is -0.0800. The molecule has 90 valence electrons. The average molecular weight is 212 g/mol. The van der Waals surface area contributed by atoms with Crippen LogP contribution >= 0.6 is 0 Å². The molecule has 2 heteroatoms. The van der Waals surface area contributed by atoms with Crippen LogP contribution in [0.25, 0.3) is 0 Å². The van der Waals surface area contributed by atoms with Crippen molar-refractivity contribution in [3.63, 3.8) is 0 Å². The minimum Gasteiger partial charge on any atom is -0.311 e. The van der Waals surface area contributed by atoms with Crippen molar-refractivity contribution in [3.8, 4) is 0 Å². The van der Waals surface area contributed by atoms with Gasteiger partial charge in [0.05, 0.1) is 0 Å². The Bertz CT molecular complexity index is 173. The molecule has 1 atom stereocenters. The zero-order chi connectivity index (χ0) is 11.3. The van der Waals surface area contributed by atoms with E-state index in [0.717, 1.165) is 6.04 Å². The SMILES string of the molecule is CCCC1CN(C(C)(CC)CC)CCN1. The maximum absolute atomic E-state index is 3.63. The molecule has 1 rings (SSSR count). The Morgan fingerprint density at radius 3 is 2.47 bits per heavy atom. The van der Waals surface area contributed by atoms with E-state index in [1.54, 1.807) is 0 Å². The smallest absolute Gasteiger partial charge is 0.0195 e. The van der Waals surface area contributed by atoms with Crippen LogP contribution in [0.4, 0.5) is 0 Å². The van der Waals surface area contributed by atoms with Gasteiger partial charge in [0.25, 0.3) is 0 Å². The van der Waals surface area contributed by atoms with Gasteiger partial charge in [-0.3, -0.25) is 4.90 Å². The highest BCUT2D eigenvalue weighted by atomic mass is 15.2. The van der Waals surface area contributed by atoms with E-state index in [-0.39, 0.29) is 0 Å². The van der Waals surface area contributed by atoms with Crippen LogP contribution in [0, 0.1) is 0 Å². The third-order valence-corrected chi connectivity index (χ3v) is 4.18. The fraction of sp³-hybridized carbons (Fsp3) is 1.00. The lowest BCUT2D eigenvalue weighted by Gasteiger charge is -2.45. The summed E-state index contributed by atoms with van der Waals surface area (Å²) >= 11 is 0. The Labute approximate surface area is 95.4 Å². The fourth-order valence-corrected chi connectivity index (χ4v) is 2.55. The van der Waals surface area contributed by atoms with Crippen molar-refractivity contribution in [1.82, 2.24) is 10.2 Å². The highest BCUT2D eigenvalue weighted by Crippen LogP contribution is 2.24. The van der Waals surface area contributed by atoms with Gasteiger partial charge in [-0.15, -0.1) is 0 Å². The standard InChI is InChI=1S/C13H28N2/c1-5-8-12-11-15(10-9-14-12)13(4,6-2)7-3/h12,14H,5-11H2,1-4H3. The molecule has 0 radical (unpaired) electrons. The maximum Gasteiger partial charge on any atom is 0.0195 e. The number of rotatable bonds is 5. The van der Waals surface area contributed by atoms with Crippen LogP contribution in [0.5, 0.6) is 0 Å². The lowest BCUT2D eigenvalue weighted by Crippen LogP contribution is -2.58. The predicted molar refractivity (Wildman–Crippen MR) is 67.3 cm³/mol. The van der Waals surface area contributed by atoms with Crippen LogP contribution in [0.2, 0.25) is 0 Å². The van der Waals surface area contributed by atoms with Gasteiger partial charge in [0.2, 0.25) is 0 Å². The van der Waals surface area contributed by atoms with E-state index in [4.69, 9.17) is 0 Å². The van der Waals surface area contributed by atoms with E-state index in [1.807, 2.05) is 0 Å². The van der Waals surface area contributed by atoms with Gasteiger partial charge in [-0.1, -0.05) is 27.2 Å². The molecule has 0 aromatic heterocycles. The van der Waals surface area contributed by atoms with E-state index in [2.05, 4.69) is 37.9 Å². The van der Waals surface area contributed by atoms with Crippen molar-refractivity contribution in [3.05, 3.63) is 0 Å². The fourth-order valence-electron chi connectivity index (χ4n) is 2.55. The van der Waals surface area contributed by atoms with Crippen molar-refractivity contribution in [1.29, 1.82) is 0 Å². The van der Waals surface area contributed by atoms with Crippen molar-refractivity contribution >= 4 is 0 Å². The van der Waals surface area contributed by atoms with E-state index in [0.29, 0.717) is 5.54 Å². The van der Waals surface area contributed by atoms with Gasteiger partial charge in [0, 0.05) is 31.2 Å². The van der Waals surface area contributed by atoms with Crippen LogP contribution in [0.1, 0.15) is 53.4 Å². The van der Waals surface area contributed by atoms with Crippen LogP contribution in [-0.2, 0) is 0 Å². The summed E-state index contributed by atoms with van der Waals surface area (Å²) in [6.07, 6.45) is 5.14. The highest BCUT2D eigenvalue weighted by Gasteiger charge is 2.31. The second kappa shape index (κ2) is 5.86. The third-order valence-electron chi connectivity index (χ3n) is 4.18. The molecule has 1 aliphatic heterocycles. The summed E-state index contributed by atoms with van der Waals surface area (Å²) in [5.74, 6) is 0. The summed E-state index contributed by atoms with van der Waals surface area (Å²) in [6, 6.07) is 0.723. The first-order chi connectivity index (χ1) is 7.16. The van der Waals surface area contributed by atoms with Gasteiger partial charge >= 0.3 is 0 Å². The first kappa shape index (κ1) is 13.0. The molecular formula is C13H28N2. The predicted octanol–water partition coefficient (Wildman–Crippen LogP) is 2.64. The molecule has 1 N–H and O–H groups in total. The van der Waals surface area contributed by atoms with Gasteiger partial charge in [-0.05, 0) is 26.2 Å². The van der Waals surface area contributed by atoms with Gasteiger partial charge in [-0.25, -0.2) is 0 Å². The zero-order valence-electron chi connectivity index (χ0n) is 11.0. The van der Waals surface area contributed by atoms with Crippen LogP contribution in [0.3, 0.4) is 0 Å². The number of piperazine rings is 1. The van der Waals surface area contributed by atoms with Crippen LogP contribution in [0.15, 0.2) is 0 Å². The molecule has 2 nitrogen and oxygen atoms in total. The Morgan fingerprint density at radius 2 is 1.93 bits per heavy atom. The van der Waals surface area contributed by atoms with Gasteiger partial charge in [0.1, 0.15) is 0 Å². The molecule has 1 unspecified atom stereocenters. The molecular weight excluding hydrogens is 184 g/mol. The largest absolute Gasteiger partial charge is 0.311 e. The molecule has 0 amide bonds. The average Bonchev–Trinajstić information content (AvgIpc) is 2.29. The quantitative estimate of drug-likeness (QED) is 0.753. The van der Waals surface area contributed by atoms with Crippen LogP contribution < -0.4 is 5.32 Å². The summed E-state index contributed by atoms with van der Waals surface area (Å²) in [5.41, 5.74) is 0.425. The molecule has 0 bridgehead atoms. The zero-order valence-corrected chi connectivity index (χ0v) is 11.0. The Kier molecular flexibility index (Phi) is 5.07. The van der Waals surface area contributed by atoms with E-state index in [9.17, 15) is 0 Å². The number of nitrogens with one attached hydrogen (secondary N) is 1. The summed E-state index contributed by atoms with van der Waals surface area (Å²) < 4.78 is 0. The molecule has 1 aliphatic rings. The minimum absolute atomic E-state index is 0.425. The molecule has 15 heavy (non-hydrogen) atoms. The van der Waals surface area contributed by atoms with Crippen molar-refractivity contribution in [2.75, 3.05) is 19.6 Å². The van der Waals surface area contributed by atoms with Gasteiger partial charge in [-0.2, -0.15) is 0 Å². The number of nitrogens with zero attached hydrogens (tertiary/aromatic N) is 1. The van der Waals surface area contributed by atoms with Crippen molar-refractivity contribution < 1.29 is 0 Å². The van der Waals surface area contributed by atoms with Gasteiger partial charge < -0.3 is 5.32 Å². The molecule has 0 aromatic rings. The first-order valence-electron chi connectivity index (χ1n) is 6.64. The monoisotopic (exact) mass is 212 g/mol. The molecule has 0 aliphatic carbocycles. The topological polar surface area (TPSA) is 15.3 Å². The molecule has 0 spiro atoms. The number of hydrogen-bond acceptors (Lipinski definition) is 2. The molecule has 0 saturated carbocycles. The van der Waals surface area contributed by atoms with Crippen molar-refractivity contribution in [2.24, 2.45) is 0 Å². The third kappa shape index (κ3) is 3.18. The lowest BCUT2D eigenvalue weighted by atomic mass is 9.91. The summed E-state index contributed by atoms with van der Waals surface area (Å²) in [6.45, 7) is 13.0. The highest BCUT2D eigenvalue weighted by molar-refractivity contribution is 4.89. The molecule has 1 saturated heterocycles. The summed E-state index contributed by atoms with van der Waals surface area (Å²) in [4.78, 5) is 2.70. The van der Waals surface area contributed by atoms with E-state index < -0.39 is 0 Å². The van der Waals surface area contributed by atoms with Crippen molar-refractivity contribution in [2.45, 2.75) is 65.0 Å². The second-order valence-electron chi connectivity index (χ2n) is 5.09. The summed E-state index contributed by atoms with van der Waals surface area (Å²) in [7, 11) is 0. The Balaban J connectivity index is 2.54. The molecule has 0 aromatic carbocycles. The van der Waals surface area contributed by atoms with E-state index in [1.165, 1.54) is 45.3 Å². The second-order valence-corrected chi connectivity index (χ2v) is 5.09. The van der Waals surface area contributed by atoms with E-state index >= 15 is 0 Å². The Morgan fingerprint density at radius 1 is 1.27 bits per heavy atom. The molecule has 1 fully saturated rings. The number of hydrogen-bond donors (Lipinski definition) is 1. The minimum atomic E-state index is 0.425. The van der Waals surface area contributed by atoms with Gasteiger partial charge in [0.15, 0.2) is 0 Å². The van der Waals surface area contributed by atoms with Crippen LogP contribution in [-0.4, -0.2) is 36.1 Å². The molecule has 1 heterocycles.